The summed E-state index contributed by atoms with van der Waals surface area (Å²) in [5.74, 6) is -4.34. The highest BCUT2D eigenvalue weighted by Gasteiger charge is 2.45. The molecule has 1 fully saturated rings. The number of aliphatic hydroxyl groups excluding tert-OH is 1. The molecule has 2 aromatic rings. The third-order valence-electron chi connectivity index (χ3n) is 5.37. The van der Waals surface area contributed by atoms with Gasteiger partial charge in [-0.25, -0.2) is 9.59 Å². The summed E-state index contributed by atoms with van der Waals surface area (Å²) in [6, 6.07) is 14.0. The SMILES string of the molecule is CCOc1ccc(/C(O)=C2\C(=O)C(=O)N(CCN(C)C)C2c2ccccc2)cc1C.O=C(O)C(=O)O. The van der Waals surface area contributed by atoms with Crippen molar-refractivity contribution in [2.45, 2.75) is 19.9 Å². The van der Waals surface area contributed by atoms with Gasteiger partial charge in [0.15, 0.2) is 0 Å². The Bertz CT molecular complexity index is 1150. The molecule has 1 aliphatic rings. The number of carboxylic acid groups (broad SMARTS) is 2. The van der Waals surface area contributed by atoms with E-state index in [1.807, 2.05) is 63.2 Å². The molecule has 0 aromatic heterocycles. The van der Waals surface area contributed by atoms with Crippen LogP contribution in [0, 0.1) is 6.92 Å². The van der Waals surface area contributed by atoms with Crippen LogP contribution in [0.5, 0.6) is 5.75 Å². The van der Waals surface area contributed by atoms with Crippen molar-refractivity contribution in [2.75, 3.05) is 33.8 Å². The predicted molar refractivity (Wildman–Crippen MR) is 132 cm³/mol. The van der Waals surface area contributed by atoms with Gasteiger partial charge in [-0.2, -0.15) is 0 Å². The van der Waals surface area contributed by atoms with Gasteiger partial charge in [-0.3, -0.25) is 9.59 Å². The molecule has 1 atom stereocenters. The highest BCUT2D eigenvalue weighted by Crippen LogP contribution is 2.39. The summed E-state index contributed by atoms with van der Waals surface area (Å²) >= 11 is 0. The van der Waals surface area contributed by atoms with E-state index in [1.54, 1.807) is 23.1 Å². The largest absolute Gasteiger partial charge is 0.507 e. The maximum Gasteiger partial charge on any atom is 0.414 e. The van der Waals surface area contributed by atoms with Gasteiger partial charge >= 0.3 is 11.9 Å². The van der Waals surface area contributed by atoms with E-state index in [2.05, 4.69) is 0 Å². The number of carboxylic acids is 2. The first kappa shape index (κ1) is 28.1. The van der Waals surface area contributed by atoms with Crippen molar-refractivity contribution in [3.8, 4) is 5.75 Å². The molecule has 1 saturated heterocycles. The Balaban J connectivity index is 0.000000678. The van der Waals surface area contributed by atoms with Crippen LogP contribution in [0.1, 0.15) is 29.7 Å². The summed E-state index contributed by atoms with van der Waals surface area (Å²) in [6.45, 7) is 5.32. The quantitative estimate of drug-likeness (QED) is 0.298. The highest BCUT2D eigenvalue weighted by molar-refractivity contribution is 6.46. The van der Waals surface area contributed by atoms with E-state index < -0.39 is 29.7 Å². The van der Waals surface area contributed by atoms with Crippen LogP contribution >= 0.6 is 0 Å². The molecule has 0 radical (unpaired) electrons. The standard InChI is InChI=1S/C24H28N2O4.C2H2O4/c1-5-30-19-12-11-18(15-16(19)2)22(27)20-21(17-9-7-6-8-10-17)26(14-13-25(3)4)24(29)23(20)28;3-1(4)2(5)6/h6-12,15,21,27H,5,13-14H2,1-4H3;(H,3,4)(H,5,6)/b22-20+;. The zero-order valence-corrected chi connectivity index (χ0v) is 20.6. The average Bonchev–Trinajstić information content (AvgIpc) is 3.09. The number of rotatable bonds is 7. The van der Waals surface area contributed by atoms with E-state index in [4.69, 9.17) is 24.5 Å². The van der Waals surface area contributed by atoms with E-state index >= 15 is 0 Å². The molecule has 3 N–H and O–H groups in total. The van der Waals surface area contributed by atoms with Crippen molar-refractivity contribution >= 4 is 29.4 Å². The number of Topliss-reactive ketones (excluding diaryl/α,β-unsaturated/α-hetero) is 1. The minimum atomic E-state index is -1.82. The number of amides is 1. The fraction of sp³-hybridized carbons (Fsp3) is 0.308. The van der Waals surface area contributed by atoms with Crippen LogP contribution in [0.2, 0.25) is 0 Å². The van der Waals surface area contributed by atoms with Gasteiger partial charge in [0.1, 0.15) is 11.5 Å². The van der Waals surface area contributed by atoms with Crippen LogP contribution in [0.25, 0.3) is 5.76 Å². The summed E-state index contributed by atoms with van der Waals surface area (Å²) in [5.41, 5.74) is 2.25. The number of carbonyl (C=O) groups excluding carboxylic acids is 2. The first-order valence-corrected chi connectivity index (χ1v) is 11.2. The van der Waals surface area contributed by atoms with E-state index in [0.717, 1.165) is 16.9 Å². The zero-order chi connectivity index (χ0) is 27.0. The molecule has 0 bridgehead atoms. The fourth-order valence-corrected chi connectivity index (χ4v) is 3.67. The molecule has 1 amide bonds. The lowest BCUT2D eigenvalue weighted by Crippen LogP contribution is -2.35. The third kappa shape index (κ3) is 6.70. The van der Waals surface area contributed by atoms with E-state index in [0.29, 0.717) is 25.3 Å². The van der Waals surface area contributed by atoms with Gasteiger partial charge in [-0.15, -0.1) is 0 Å². The van der Waals surface area contributed by atoms with Gasteiger partial charge in [0, 0.05) is 18.7 Å². The lowest BCUT2D eigenvalue weighted by molar-refractivity contribution is -0.159. The van der Waals surface area contributed by atoms with Gasteiger partial charge in [0.05, 0.1) is 18.2 Å². The third-order valence-corrected chi connectivity index (χ3v) is 5.37. The molecule has 0 aliphatic carbocycles. The van der Waals surface area contributed by atoms with Crippen LogP contribution in [-0.2, 0) is 19.2 Å². The Hall–Kier alpha value is -4.18. The molecule has 0 spiro atoms. The minimum absolute atomic E-state index is 0.119. The number of ether oxygens (including phenoxy) is 1. The molecule has 3 rings (SSSR count). The molecule has 10 nitrogen and oxygen atoms in total. The summed E-state index contributed by atoms with van der Waals surface area (Å²) in [4.78, 5) is 47.5. The monoisotopic (exact) mass is 498 g/mol. The fourth-order valence-electron chi connectivity index (χ4n) is 3.67. The molecule has 192 valence electrons. The maximum absolute atomic E-state index is 13.0. The number of aliphatic hydroxyl groups is 1. The number of hydrogen-bond donors (Lipinski definition) is 3. The Morgan fingerprint density at radius 1 is 1.00 bits per heavy atom. The van der Waals surface area contributed by atoms with Crippen LogP contribution < -0.4 is 4.74 Å². The van der Waals surface area contributed by atoms with Gasteiger partial charge in [-0.1, -0.05) is 30.3 Å². The predicted octanol–water partition coefficient (Wildman–Crippen LogP) is 2.53. The Labute approximate surface area is 209 Å². The number of benzene rings is 2. The summed E-state index contributed by atoms with van der Waals surface area (Å²) in [5, 5.41) is 25.9. The summed E-state index contributed by atoms with van der Waals surface area (Å²) < 4.78 is 5.57. The first-order chi connectivity index (χ1) is 17.0. The highest BCUT2D eigenvalue weighted by atomic mass is 16.5. The molecule has 1 unspecified atom stereocenters. The van der Waals surface area contributed by atoms with Crippen LogP contribution in [0.3, 0.4) is 0 Å². The average molecular weight is 499 g/mol. The van der Waals surface area contributed by atoms with Gasteiger partial charge in [0.2, 0.25) is 0 Å². The van der Waals surface area contributed by atoms with Gasteiger partial charge in [0.25, 0.3) is 11.7 Å². The van der Waals surface area contributed by atoms with Crippen LogP contribution in [0.15, 0.2) is 54.1 Å². The second kappa shape index (κ2) is 12.5. The number of ketones is 1. The molecular weight excluding hydrogens is 468 g/mol. The molecule has 1 heterocycles. The van der Waals surface area contributed by atoms with E-state index in [-0.39, 0.29) is 11.3 Å². The van der Waals surface area contributed by atoms with Crippen molar-refractivity contribution in [3.63, 3.8) is 0 Å². The lowest BCUT2D eigenvalue weighted by atomic mass is 9.95. The second-order valence-corrected chi connectivity index (χ2v) is 8.23. The van der Waals surface area contributed by atoms with Gasteiger partial charge < -0.3 is 29.9 Å². The molecule has 1 aliphatic heterocycles. The lowest BCUT2D eigenvalue weighted by Gasteiger charge is -2.26. The smallest absolute Gasteiger partial charge is 0.414 e. The van der Waals surface area contributed by atoms with E-state index in [9.17, 15) is 14.7 Å². The van der Waals surface area contributed by atoms with Crippen LogP contribution in [-0.4, -0.2) is 82.5 Å². The number of hydrogen-bond acceptors (Lipinski definition) is 7. The van der Waals surface area contributed by atoms with Crippen molar-refractivity contribution in [1.29, 1.82) is 0 Å². The second-order valence-electron chi connectivity index (χ2n) is 8.23. The van der Waals surface area contributed by atoms with Crippen LogP contribution in [0.4, 0.5) is 0 Å². The Morgan fingerprint density at radius 2 is 1.61 bits per heavy atom. The number of aliphatic carboxylic acids is 2. The number of carbonyl (C=O) groups is 4. The Kier molecular flexibility index (Phi) is 9.74. The molecule has 2 aromatic carbocycles. The summed E-state index contributed by atoms with van der Waals surface area (Å²) in [7, 11) is 3.83. The van der Waals surface area contributed by atoms with Crippen molar-refractivity contribution in [2.24, 2.45) is 0 Å². The number of nitrogens with zero attached hydrogens (tertiary/aromatic N) is 2. The minimum Gasteiger partial charge on any atom is -0.507 e. The molecular formula is C26H30N2O8. The molecule has 36 heavy (non-hydrogen) atoms. The normalized spacial score (nSPS) is 16.5. The van der Waals surface area contributed by atoms with Crippen molar-refractivity contribution in [1.82, 2.24) is 9.80 Å². The number of aryl methyl sites for hydroxylation is 1. The molecule has 10 heteroatoms. The maximum atomic E-state index is 13.0. The molecule has 0 saturated carbocycles. The topological polar surface area (TPSA) is 145 Å². The zero-order valence-electron chi connectivity index (χ0n) is 20.6. The summed E-state index contributed by atoms with van der Waals surface area (Å²) in [6.07, 6.45) is 0. The van der Waals surface area contributed by atoms with Gasteiger partial charge in [-0.05, 0) is 57.3 Å². The number of likely N-dealkylation sites (N-methyl/N-ethyl adjacent to an activating group) is 1. The van der Waals surface area contributed by atoms with E-state index in [1.165, 1.54) is 0 Å². The van der Waals surface area contributed by atoms with Crippen molar-refractivity contribution < 1.29 is 39.2 Å². The first-order valence-electron chi connectivity index (χ1n) is 11.2. The number of likely N-dealkylation sites (tertiary alicyclic amines) is 1. The van der Waals surface area contributed by atoms with Crippen molar-refractivity contribution in [3.05, 3.63) is 70.8 Å². The Morgan fingerprint density at radius 3 is 2.11 bits per heavy atom.